The first-order valence-electron chi connectivity index (χ1n) is 10.4. The third-order valence-electron chi connectivity index (χ3n) is 5.32. The molecule has 2 heterocycles. The maximum atomic E-state index is 13.0. The second-order valence-electron chi connectivity index (χ2n) is 9.25. The van der Waals surface area contributed by atoms with E-state index < -0.39 is 18.5 Å². The summed E-state index contributed by atoms with van der Waals surface area (Å²) in [6.07, 6.45) is -0.307. The summed E-state index contributed by atoms with van der Waals surface area (Å²) in [6, 6.07) is -0.579. The molecule has 0 aromatic rings. The maximum absolute atomic E-state index is 13.0. The van der Waals surface area contributed by atoms with E-state index in [1.54, 1.807) is 4.90 Å². The van der Waals surface area contributed by atoms with E-state index in [4.69, 9.17) is 4.79 Å². The average Bonchev–Trinajstić information content (AvgIpc) is 3.06. The number of urea groups is 1. The molecular formula is C21H40F2N4O3. The van der Waals surface area contributed by atoms with E-state index in [0.29, 0.717) is 17.3 Å². The van der Waals surface area contributed by atoms with Gasteiger partial charge in [-0.1, -0.05) is 34.6 Å². The van der Waals surface area contributed by atoms with Gasteiger partial charge >= 0.3 is 6.03 Å². The van der Waals surface area contributed by atoms with E-state index in [0.717, 1.165) is 23.9 Å². The molecule has 0 aromatic carbocycles. The molecule has 9 heteroatoms. The van der Waals surface area contributed by atoms with Crippen molar-refractivity contribution in [1.29, 1.82) is 0 Å². The van der Waals surface area contributed by atoms with Gasteiger partial charge in [0.2, 0.25) is 5.91 Å². The van der Waals surface area contributed by atoms with Crippen LogP contribution in [-0.2, 0) is 9.59 Å². The van der Waals surface area contributed by atoms with Gasteiger partial charge < -0.3 is 25.2 Å². The van der Waals surface area contributed by atoms with Crippen LogP contribution in [0.1, 0.15) is 41.0 Å². The Morgan fingerprint density at radius 3 is 1.87 bits per heavy atom. The van der Waals surface area contributed by atoms with Gasteiger partial charge in [-0.25, -0.2) is 13.6 Å². The van der Waals surface area contributed by atoms with Crippen LogP contribution in [0, 0.1) is 23.2 Å². The molecule has 0 spiro atoms. The highest BCUT2D eigenvalue weighted by Crippen LogP contribution is 2.61. The van der Waals surface area contributed by atoms with Gasteiger partial charge in [-0.15, -0.1) is 0 Å². The fourth-order valence-corrected chi connectivity index (χ4v) is 3.62. The van der Waals surface area contributed by atoms with Crippen LogP contribution in [0.4, 0.5) is 13.6 Å². The number of amides is 3. The maximum Gasteiger partial charge on any atom is 0.318 e. The lowest BCUT2D eigenvalue weighted by atomic mass is 10.1. The second kappa shape index (κ2) is 12.2. The number of nitrogens with one attached hydrogen (secondary N) is 2. The van der Waals surface area contributed by atoms with Crippen molar-refractivity contribution < 1.29 is 23.2 Å². The van der Waals surface area contributed by atoms with Gasteiger partial charge in [0.1, 0.15) is 6.79 Å². The predicted molar refractivity (Wildman–Crippen MR) is 114 cm³/mol. The van der Waals surface area contributed by atoms with Gasteiger partial charge in [-0.3, -0.25) is 4.79 Å². The van der Waals surface area contributed by atoms with Gasteiger partial charge in [0, 0.05) is 26.1 Å². The topological polar surface area (TPSA) is 81.8 Å². The van der Waals surface area contributed by atoms with Crippen molar-refractivity contribution in [2.45, 2.75) is 47.0 Å². The summed E-state index contributed by atoms with van der Waals surface area (Å²) in [6.45, 7) is 13.8. The first kappa shape index (κ1) is 28.2. The van der Waals surface area contributed by atoms with Crippen LogP contribution in [-0.4, -0.2) is 81.3 Å². The third kappa shape index (κ3) is 8.53. The largest absolute Gasteiger partial charge is 0.341 e. The highest BCUT2D eigenvalue weighted by molar-refractivity contribution is 5.84. The van der Waals surface area contributed by atoms with Crippen molar-refractivity contribution in [2.75, 3.05) is 46.8 Å². The summed E-state index contributed by atoms with van der Waals surface area (Å²) >= 11 is 0. The first-order valence-corrected chi connectivity index (χ1v) is 10.4. The van der Waals surface area contributed by atoms with Gasteiger partial charge in [-0.2, -0.15) is 0 Å². The molecule has 1 aliphatic carbocycles. The standard InChI is InChI=1S/C14H21F2N3O2.C4H10.C2H7N.CH2O/c1-13(2)9-6-19(7-10(9)13)11(20)5-17-12(21)18-4-3-14(15,16)8-18;1-4(2)3;1-3-2;1-2/h9-10H,3-8H2,1-2H3,(H,17,21);4H,1-3H3;3H,1-2H3;1H2. The number of alkyl halides is 2. The number of nitrogens with zero attached hydrogens (tertiary/aromatic N) is 2. The molecule has 2 unspecified atom stereocenters. The van der Waals surface area contributed by atoms with Crippen LogP contribution >= 0.6 is 0 Å². The minimum absolute atomic E-state index is 0.0368. The SMILES string of the molecule is C=O.CC(C)C.CC1(C)C2CN(C(=O)CNC(=O)N3CCC(F)(F)C3)CC21.CNC. The molecule has 3 amide bonds. The minimum atomic E-state index is -2.80. The summed E-state index contributed by atoms with van der Waals surface area (Å²) in [7, 11) is 3.75. The zero-order chi connectivity index (χ0) is 23.7. The van der Waals surface area contributed by atoms with E-state index in [1.807, 2.05) is 20.9 Å². The second-order valence-corrected chi connectivity index (χ2v) is 9.25. The number of halogens is 2. The summed E-state index contributed by atoms with van der Waals surface area (Å²) in [5, 5.41) is 5.20. The average molecular weight is 435 g/mol. The Hall–Kier alpha value is -1.77. The molecule has 0 bridgehead atoms. The van der Waals surface area contributed by atoms with Crippen molar-refractivity contribution in [3.8, 4) is 0 Å². The molecule has 3 fully saturated rings. The lowest BCUT2D eigenvalue weighted by Crippen LogP contribution is -2.45. The molecular weight excluding hydrogens is 394 g/mol. The normalized spacial score (nSPS) is 24.3. The highest BCUT2D eigenvalue weighted by atomic mass is 19.3. The monoisotopic (exact) mass is 434 g/mol. The number of carbonyl (C=O) groups excluding carboxylic acids is 3. The summed E-state index contributed by atoms with van der Waals surface area (Å²) in [5.41, 5.74) is 0.334. The smallest absolute Gasteiger partial charge is 0.318 e. The highest BCUT2D eigenvalue weighted by Gasteiger charge is 2.62. The Bertz CT molecular complexity index is 542. The molecule has 2 saturated heterocycles. The molecule has 7 nitrogen and oxygen atoms in total. The molecule has 1 saturated carbocycles. The van der Waals surface area contributed by atoms with Crippen molar-refractivity contribution in [3.05, 3.63) is 0 Å². The molecule has 2 atom stereocenters. The van der Waals surface area contributed by atoms with E-state index in [9.17, 15) is 18.4 Å². The van der Waals surface area contributed by atoms with Crippen LogP contribution in [0.3, 0.4) is 0 Å². The van der Waals surface area contributed by atoms with Crippen LogP contribution in [0.15, 0.2) is 0 Å². The predicted octanol–water partition coefficient (Wildman–Crippen LogP) is 2.46. The van der Waals surface area contributed by atoms with Gasteiger partial charge in [0.05, 0.1) is 13.1 Å². The molecule has 176 valence electrons. The third-order valence-corrected chi connectivity index (χ3v) is 5.32. The molecule has 2 aliphatic heterocycles. The van der Waals surface area contributed by atoms with Crippen LogP contribution in [0.25, 0.3) is 0 Å². The molecule has 2 N–H and O–H groups in total. The molecule has 3 rings (SSSR count). The van der Waals surface area contributed by atoms with Gasteiger partial charge in [0.15, 0.2) is 0 Å². The number of hydrogen-bond donors (Lipinski definition) is 2. The zero-order valence-electron chi connectivity index (χ0n) is 19.6. The van der Waals surface area contributed by atoms with Gasteiger partial charge in [-0.05, 0) is 37.3 Å². The van der Waals surface area contributed by atoms with Crippen molar-refractivity contribution >= 4 is 18.7 Å². The zero-order valence-corrected chi connectivity index (χ0v) is 19.6. The first-order chi connectivity index (χ1) is 13.9. The summed E-state index contributed by atoms with van der Waals surface area (Å²) < 4.78 is 26.0. The molecule has 0 aromatic heterocycles. The Kier molecular flexibility index (Phi) is 11.5. The number of rotatable bonds is 2. The van der Waals surface area contributed by atoms with Crippen molar-refractivity contribution in [2.24, 2.45) is 23.2 Å². The minimum Gasteiger partial charge on any atom is -0.341 e. The molecule has 0 radical (unpaired) electrons. The van der Waals surface area contributed by atoms with E-state index in [2.05, 4.69) is 45.3 Å². The Morgan fingerprint density at radius 1 is 1.07 bits per heavy atom. The van der Waals surface area contributed by atoms with E-state index in [-0.39, 0.29) is 25.4 Å². The molecule has 30 heavy (non-hydrogen) atoms. The fourth-order valence-electron chi connectivity index (χ4n) is 3.62. The Morgan fingerprint density at radius 2 is 1.50 bits per heavy atom. The van der Waals surface area contributed by atoms with E-state index >= 15 is 0 Å². The van der Waals surface area contributed by atoms with Crippen molar-refractivity contribution in [3.63, 3.8) is 0 Å². The Labute approximate surface area is 179 Å². The summed E-state index contributed by atoms with van der Waals surface area (Å²) in [5.74, 6) is -0.968. The van der Waals surface area contributed by atoms with Crippen LogP contribution in [0.2, 0.25) is 0 Å². The number of likely N-dealkylation sites (tertiary alicyclic amines) is 2. The Balaban J connectivity index is 0.000000806. The fraction of sp³-hybridized carbons (Fsp3) is 0.857. The number of hydrogen-bond acceptors (Lipinski definition) is 4. The van der Waals surface area contributed by atoms with Gasteiger partial charge in [0.25, 0.3) is 5.92 Å². The number of carbonyl (C=O) groups is 3. The van der Waals surface area contributed by atoms with Crippen molar-refractivity contribution in [1.82, 2.24) is 20.4 Å². The number of piperidine rings is 1. The van der Waals surface area contributed by atoms with Crippen LogP contribution < -0.4 is 10.6 Å². The summed E-state index contributed by atoms with van der Waals surface area (Å²) in [4.78, 5) is 34.6. The van der Waals surface area contributed by atoms with E-state index in [1.165, 1.54) is 0 Å². The quantitative estimate of drug-likeness (QED) is 0.700. The number of fused-ring (bicyclic) bond motifs is 1. The lowest BCUT2D eigenvalue weighted by Gasteiger charge is -2.23. The van der Waals surface area contributed by atoms with Crippen LogP contribution in [0.5, 0.6) is 0 Å². The lowest BCUT2D eigenvalue weighted by molar-refractivity contribution is -0.129. The molecule has 3 aliphatic rings.